The number of hydrogen-bond donors (Lipinski definition) is 3. The summed E-state index contributed by atoms with van der Waals surface area (Å²) in [5, 5.41) is 8.86. The molecule has 1 rings (SSSR count). The Morgan fingerprint density at radius 1 is 1.67 bits per heavy atom. The highest BCUT2D eigenvalue weighted by atomic mass is 32.2. The number of nitrogens with two attached hydrogens (primary N) is 1. The molecular weight excluding hydrogens is 210 g/mol. The Hall–Kier alpha value is -0.780. The summed E-state index contributed by atoms with van der Waals surface area (Å²) >= 11 is 1.77. The van der Waals surface area contributed by atoms with Gasteiger partial charge in [-0.1, -0.05) is 6.92 Å². The lowest BCUT2D eigenvalue weighted by Crippen LogP contribution is -2.07. The Balaban J connectivity index is 2.37. The number of rotatable bonds is 6. The van der Waals surface area contributed by atoms with Gasteiger partial charge in [0.25, 0.3) is 0 Å². The van der Waals surface area contributed by atoms with Crippen LogP contribution in [-0.4, -0.2) is 22.5 Å². The second kappa shape index (κ2) is 6.66. The highest BCUT2D eigenvalue weighted by Gasteiger charge is 2.01. The molecule has 1 heterocycles. The SMILES string of the molecule is CC(CO)CSCc1cc(NN)ccn1. The number of hydrazine groups is 1. The minimum Gasteiger partial charge on any atom is -0.396 e. The van der Waals surface area contributed by atoms with E-state index >= 15 is 0 Å². The van der Waals surface area contributed by atoms with Gasteiger partial charge < -0.3 is 10.5 Å². The summed E-state index contributed by atoms with van der Waals surface area (Å²) in [6.07, 6.45) is 1.74. The molecule has 1 aromatic heterocycles. The van der Waals surface area contributed by atoms with Crippen molar-refractivity contribution in [2.45, 2.75) is 12.7 Å². The van der Waals surface area contributed by atoms with Crippen LogP contribution in [0.5, 0.6) is 0 Å². The maximum absolute atomic E-state index is 8.86. The van der Waals surface area contributed by atoms with E-state index < -0.39 is 0 Å². The molecular formula is C10H17N3OS. The van der Waals surface area contributed by atoms with E-state index in [4.69, 9.17) is 10.9 Å². The fraction of sp³-hybridized carbons (Fsp3) is 0.500. The van der Waals surface area contributed by atoms with Crippen LogP contribution < -0.4 is 11.3 Å². The van der Waals surface area contributed by atoms with Crippen LogP contribution in [-0.2, 0) is 5.75 Å². The van der Waals surface area contributed by atoms with E-state index in [0.29, 0.717) is 5.92 Å². The van der Waals surface area contributed by atoms with E-state index in [-0.39, 0.29) is 6.61 Å². The van der Waals surface area contributed by atoms with Gasteiger partial charge in [-0.3, -0.25) is 10.8 Å². The zero-order chi connectivity index (χ0) is 11.1. The van der Waals surface area contributed by atoms with Gasteiger partial charge in [0.05, 0.1) is 11.4 Å². The first-order chi connectivity index (χ1) is 7.26. The van der Waals surface area contributed by atoms with Crippen LogP contribution in [0.1, 0.15) is 12.6 Å². The van der Waals surface area contributed by atoms with Gasteiger partial charge in [0, 0.05) is 18.6 Å². The Labute approximate surface area is 94.3 Å². The molecule has 1 atom stereocenters. The average Bonchev–Trinajstić information content (AvgIpc) is 2.29. The van der Waals surface area contributed by atoms with Crippen LogP contribution in [0.2, 0.25) is 0 Å². The lowest BCUT2D eigenvalue weighted by Gasteiger charge is -2.07. The van der Waals surface area contributed by atoms with Gasteiger partial charge >= 0.3 is 0 Å². The molecule has 0 fully saturated rings. The third-order valence-electron chi connectivity index (χ3n) is 1.95. The van der Waals surface area contributed by atoms with Crippen LogP contribution in [0, 0.1) is 5.92 Å². The van der Waals surface area contributed by atoms with Gasteiger partial charge in [-0.2, -0.15) is 11.8 Å². The van der Waals surface area contributed by atoms with Gasteiger partial charge in [0.1, 0.15) is 0 Å². The summed E-state index contributed by atoms with van der Waals surface area (Å²) in [6, 6.07) is 3.75. The minimum atomic E-state index is 0.241. The fourth-order valence-corrected chi connectivity index (χ4v) is 2.06. The molecule has 0 aliphatic heterocycles. The lowest BCUT2D eigenvalue weighted by molar-refractivity contribution is 0.250. The molecule has 0 bridgehead atoms. The van der Waals surface area contributed by atoms with Crippen LogP contribution in [0.25, 0.3) is 0 Å². The van der Waals surface area contributed by atoms with Crippen molar-refractivity contribution in [2.75, 3.05) is 17.8 Å². The molecule has 0 aliphatic rings. The molecule has 4 N–H and O–H groups in total. The number of hydrogen-bond acceptors (Lipinski definition) is 5. The third-order valence-corrected chi connectivity index (χ3v) is 3.25. The molecule has 0 saturated carbocycles. The van der Waals surface area contributed by atoms with Crippen molar-refractivity contribution in [2.24, 2.45) is 11.8 Å². The molecule has 4 nitrogen and oxygen atoms in total. The number of nitrogens with one attached hydrogen (secondary N) is 1. The second-order valence-electron chi connectivity index (χ2n) is 3.48. The first-order valence-corrected chi connectivity index (χ1v) is 6.02. The zero-order valence-electron chi connectivity index (χ0n) is 8.81. The minimum absolute atomic E-state index is 0.241. The molecule has 84 valence electrons. The summed E-state index contributed by atoms with van der Waals surface area (Å²) in [6.45, 7) is 2.27. The van der Waals surface area contributed by atoms with Crippen molar-refractivity contribution in [3.8, 4) is 0 Å². The maximum atomic E-state index is 8.86. The van der Waals surface area contributed by atoms with Crippen molar-refractivity contribution in [1.82, 2.24) is 4.98 Å². The van der Waals surface area contributed by atoms with Crippen LogP contribution in [0.4, 0.5) is 5.69 Å². The van der Waals surface area contributed by atoms with E-state index in [0.717, 1.165) is 22.9 Å². The average molecular weight is 227 g/mol. The number of nitrogen functional groups attached to an aromatic ring is 1. The molecule has 5 heteroatoms. The van der Waals surface area contributed by atoms with Gasteiger partial charge in [0.15, 0.2) is 0 Å². The fourth-order valence-electron chi connectivity index (χ4n) is 1.06. The number of nitrogens with zero attached hydrogens (tertiary/aromatic N) is 1. The van der Waals surface area contributed by atoms with Crippen LogP contribution in [0.3, 0.4) is 0 Å². The lowest BCUT2D eigenvalue weighted by atomic mass is 10.2. The summed E-state index contributed by atoms with van der Waals surface area (Å²) in [7, 11) is 0. The molecule has 0 aromatic carbocycles. The summed E-state index contributed by atoms with van der Waals surface area (Å²) < 4.78 is 0. The van der Waals surface area contributed by atoms with Crippen LogP contribution >= 0.6 is 11.8 Å². The van der Waals surface area contributed by atoms with Crippen molar-refractivity contribution >= 4 is 17.4 Å². The number of pyridine rings is 1. The number of thioether (sulfide) groups is 1. The predicted octanol–water partition coefficient (Wildman–Crippen LogP) is 1.23. The molecule has 0 radical (unpaired) electrons. The highest BCUT2D eigenvalue weighted by molar-refractivity contribution is 7.98. The first-order valence-electron chi connectivity index (χ1n) is 4.86. The standard InChI is InChI=1S/C10H17N3OS/c1-8(5-14)6-15-7-10-4-9(13-11)2-3-12-10/h2-4,8,14H,5-7,11H2,1H3,(H,12,13). The third kappa shape index (κ3) is 4.51. The molecule has 0 saturated heterocycles. The van der Waals surface area contributed by atoms with Crippen molar-refractivity contribution in [3.05, 3.63) is 24.0 Å². The predicted molar refractivity (Wildman–Crippen MR) is 64.5 cm³/mol. The Morgan fingerprint density at radius 2 is 2.47 bits per heavy atom. The molecule has 0 amide bonds. The number of anilines is 1. The van der Waals surface area contributed by atoms with Crippen molar-refractivity contribution < 1.29 is 5.11 Å². The van der Waals surface area contributed by atoms with Gasteiger partial charge in [-0.15, -0.1) is 0 Å². The smallest absolute Gasteiger partial charge is 0.0523 e. The summed E-state index contributed by atoms with van der Waals surface area (Å²) in [5.41, 5.74) is 4.46. The number of aliphatic hydroxyl groups excluding tert-OH is 1. The van der Waals surface area contributed by atoms with E-state index in [1.54, 1.807) is 18.0 Å². The van der Waals surface area contributed by atoms with E-state index in [1.165, 1.54) is 0 Å². The monoisotopic (exact) mass is 227 g/mol. The Morgan fingerprint density at radius 3 is 3.13 bits per heavy atom. The molecule has 1 unspecified atom stereocenters. The Bertz CT molecular complexity index is 296. The Kier molecular flexibility index (Phi) is 5.45. The number of aliphatic hydroxyl groups is 1. The number of aromatic nitrogens is 1. The second-order valence-corrected chi connectivity index (χ2v) is 4.51. The molecule has 15 heavy (non-hydrogen) atoms. The molecule has 0 aliphatic carbocycles. The topological polar surface area (TPSA) is 71.2 Å². The molecule has 1 aromatic rings. The highest BCUT2D eigenvalue weighted by Crippen LogP contribution is 2.15. The summed E-state index contributed by atoms with van der Waals surface area (Å²) in [4.78, 5) is 4.23. The van der Waals surface area contributed by atoms with Gasteiger partial charge in [-0.25, -0.2) is 0 Å². The van der Waals surface area contributed by atoms with E-state index in [1.807, 2.05) is 19.1 Å². The van der Waals surface area contributed by atoms with E-state index in [9.17, 15) is 0 Å². The zero-order valence-corrected chi connectivity index (χ0v) is 9.63. The van der Waals surface area contributed by atoms with Crippen molar-refractivity contribution in [3.63, 3.8) is 0 Å². The van der Waals surface area contributed by atoms with Gasteiger partial charge in [-0.05, 0) is 23.8 Å². The quantitative estimate of drug-likeness (QED) is 0.503. The van der Waals surface area contributed by atoms with Gasteiger partial charge in [0.2, 0.25) is 0 Å². The van der Waals surface area contributed by atoms with E-state index in [2.05, 4.69) is 10.4 Å². The van der Waals surface area contributed by atoms with Crippen molar-refractivity contribution in [1.29, 1.82) is 0 Å². The maximum Gasteiger partial charge on any atom is 0.0523 e. The normalized spacial score (nSPS) is 12.5. The largest absolute Gasteiger partial charge is 0.396 e. The summed E-state index contributed by atoms with van der Waals surface area (Å²) in [5.74, 6) is 7.43. The molecule has 0 spiro atoms. The van der Waals surface area contributed by atoms with Crippen LogP contribution in [0.15, 0.2) is 18.3 Å². The first kappa shape index (κ1) is 12.3.